The lowest BCUT2D eigenvalue weighted by Crippen LogP contribution is -2.02. The molecular weight excluding hydrogens is 188 g/mol. The molecule has 1 aromatic rings. The van der Waals surface area contributed by atoms with Gasteiger partial charge in [-0.25, -0.2) is 9.98 Å². The molecule has 0 saturated carbocycles. The number of hydrogen-bond acceptors (Lipinski definition) is 3. The van der Waals surface area contributed by atoms with Crippen LogP contribution in [0.25, 0.3) is 0 Å². The van der Waals surface area contributed by atoms with Crippen LogP contribution >= 0.6 is 0 Å². The lowest BCUT2D eigenvalue weighted by atomic mass is 10.2. The molecule has 1 heterocycles. The van der Waals surface area contributed by atoms with Crippen molar-refractivity contribution in [3.8, 4) is 0 Å². The Morgan fingerprint density at radius 2 is 2.20 bits per heavy atom. The molecule has 0 saturated heterocycles. The third-order valence-corrected chi connectivity index (χ3v) is 2.23. The first-order valence-corrected chi connectivity index (χ1v) is 5.15. The number of aromatic nitrogens is 2. The summed E-state index contributed by atoms with van der Waals surface area (Å²) in [6.07, 6.45) is 1.72. The summed E-state index contributed by atoms with van der Waals surface area (Å²) >= 11 is 0. The van der Waals surface area contributed by atoms with Gasteiger partial charge in [-0.2, -0.15) is 0 Å². The first-order chi connectivity index (χ1) is 7.15. The van der Waals surface area contributed by atoms with Gasteiger partial charge in [0.05, 0.1) is 6.21 Å². The molecule has 0 unspecified atom stereocenters. The smallest absolute Gasteiger partial charge is 0.160 e. The van der Waals surface area contributed by atoms with Gasteiger partial charge >= 0.3 is 0 Å². The molecule has 1 aromatic heterocycles. The second-order valence-corrected chi connectivity index (χ2v) is 3.62. The Kier molecular flexibility index (Phi) is 3.77. The summed E-state index contributed by atoms with van der Waals surface area (Å²) in [5.74, 6) is 2.23. The van der Waals surface area contributed by atoms with Crippen molar-refractivity contribution in [1.29, 1.82) is 0 Å². The van der Waals surface area contributed by atoms with E-state index in [1.54, 1.807) is 13.3 Å². The summed E-state index contributed by atoms with van der Waals surface area (Å²) in [5, 5.41) is 0. The Balaban J connectivity index is 3.36. The fourth-order valence-electron chi connectivity index (χ4n) is 1.61. The summed E-state index contributed by atoms with van der Waals surface area (Å²) in [7, 11) is 1.73. The Bertz CT molecular complexity index is 374. The van der Waals surface area contributed by atoms with Gasteiger partial charge in [0.1, 0.15) is 11.5 Å². The molecule has 0 aliphatic carbocycles. The molecular formula is C11H18N4. The first-order valence-electron chi connectivity index (χ1n) is 5.15. The number of nitrogens with zero attached hydrogens (tertiary/aromatic N) is 4. The lowest BCUT2D eigenvalue weighted by Gasteiger charge is -2.08. The second kappa shape index (κ2) is 4.87. The second-order valence-electron chi connectivity index (χ2n) is 3.62. The Morgan fingerprint density at radius 1 is 1.53 bits per heavy atom. The minimum atomic E-state index is 0.379. The highest BCUT2D eigenvalue weighted by molar-refractivity contribution is 5.83. The van der Waals surface area contributed by atoms with Crippen LogP contribution in [-0.2, 0) is 6.54 Å². The van der Waals surface area contributed by atoms with Crippen LogP contribution in [0.5, 0.6) is 0 Å². The zero-order chi connectivity index (χ0) is 11.4. The van der Waals surface area contributed by atoms with Crippen molar-refractivity contribution in [3.63, 3.8) is 0 Å². The van der Waals surface area contributed by atoms with Crippen molar-refractivity contribution in [2.24, 2.45) is 9.98 Å². The molecule has 1 rings (SSSR count). The Hall–Kier alpha value is -1.45. The fourth-order valence-corrected chi connectivity index (χ4v) is 1.61. The summed E-state index contributed by atoms with van der Waals surface area (Å²) < 4.78 is 2.08. The monoisotopic (exact) mass is 206 g/mol. The maximum atomic E-state index is 4.52. The molecule has 0 aromatic carbocycles. The van der Waals surface area contributed by atoms with Crippen molar-refractivity contribution in [2.75, 3.05) is 7.05 Å². The molecule has 0 spiro atoms. The molecule has 82 valence electrons. The summed E-state index contributed by atoms with van der Waals surface area (Å²) in [6.45, 7) is 10.8. The van der Waals surface area contributed by atoms with E-state index in [1.807, 2.05) is 0 Å². The van der Waals surface area contributed by atoms with Crippen LogP contribution in [0.1, 0.15) is 38.2 Å². The molecule has 0 radical (unpaired) electrons. The molecule has 0 aliphatic heterocycles. The summed E-state index contributed by atoms with van der Waals surface area (Å²) in [6, 6.07) is 0. The summed E-state index contributed by atoms with van der Waals surface area (Å²) in [4.78, 5) is 12.5. The average Bonchev–Trinajstić information content (AvgIpc) is 2.56. The van der Waals surface area contributed by atoms with Gasteiger partial charge in [0.2, 0.25) is 0 Å². The van der Waals surface area contributed by atoms with Crippen molar-refractivity contribution >= 4 is 18.7 Å². The standard InChI is InChI=1S/C11H18N4/c1-6-15-10(8(2)3)14-9(7-12-4)11(15)13-5/h7-8H,5-6H2,1-4H3/b12-7-. The molecule has 15 heavy (non-hydrogen) atoms. The van der Waals surface area contributed by atoms with E-state index in [-0.39, 0.29) is 0 Å². The molecule has 4 heteroatoms. The van der Waals surface area contributed by atoms with Gasteiger partial charge in [-0.15, -0.1) is 0 Å². The largest absolute Gasteiger partial charge is 0.313 e. The number of hydrogen-bond donors (Lipinski definition) is 0. The molecule has 0 atom stereocenters. The predicted octanol–water partition coefficient (Wildman–Crippen LogP) is 2.41. The molecule has 0 fully saturated rings. The minimum absolute atomic E-state index is 0.379. The van der Waals surface area contributed by atoms with E-state index >= 15 is 0 Å². The maximum absolute atomic E-state index is 4.52. The van der Waals surface area contributed by atoms with Crippen molar-refractivity contribution in [2.45, 2.75) is 33.2 Å². The topological polar surface area (TPSA) is 42.5 Å². The van der Waals surface area contributed by atoms with E-state index in [9.17, 15) is 0 Å². The fraction of sp³-hybridized carbons (Fsp3) is 0.545. The van der Waals surface area contributed by atoms with Crippen molar-refractivity contribution in [1.82, 2.24) is 9.55 Å². The molecule has 0 bridgehead atoms. The highest BCUT2D eigenvalue weighted by atomic mass is 15.2. The van der Waals surface area contributed by atoms with E-state index in [0.717, 1.165) is 23.9 Å². The molecule has 0 amide bonds. The first kappa shape index (κ1) is 11.6. The van der Waals surface area contributed by atoms with Gasteiger partial charge in [-0.1, -0.05) is 13.8 Å². The highest BCUT2D eigenvalue weighted by Gasteiger charge is 2.15. The zero-order valence-corrected chi connectivity index (χ0v) is 9.86. The lowest BCUT2D eigenvalue weighted by molar-refractivity contribution is 0.655. The number of imidazole rings is 1. The van der Waals surface area contributed by atoms with Crippen LogP contribution in [0, 0.1) is 0 Å². The predicted molar refractivity (Wildman–Crippen MR) is 64.7 cm³/mol. The van der Waals surface area contributed by atoms with E-state index < -0.39 is 0 Å². The molecule has 0 N–H and O–H groups in total. The number of aliphatic imine (C=N–C) groups is 2. The van der Waals surface area contributed by atoms with Gasteiger partial charge in [-0.3, -0.25) is 4.99 Å². The quantitative estimate of drug-likeness (QED) is 0.697. The van der Waals surface area contributed by atoms with Crippen LogP contribution < -0.4 is 0 Å². The zero-order valence-electron chi connectivity index (χ0n) is 9.86. The van der Waals surface area contributed by atoms with E-state index in [4.69, 9.17) is 0 Å². The third kappa shape index (κ3) is 2.14. The van der Waals surface area contributed by atoms with Crippen LogP contribution in [0.4, 0.5) is 5.82 Å². The van der Waals surface area contributed by atoms with Gasteiger partial charge in [0, 0.05) is 19.5 Å². The van der Waals surface area contributed by atoms with Crippen LogP contribution in [-0.4, -0.2) is 29.5 Å². The van der Waals surface area contributed by atoms with Crippen molar-refractivity contribution < 1.29 is 0 Å². The van der Waals surface area contributed by atoms with Gasteiger partial charge in [0.15, 0.2) is 5.82 Å². The highest BCUT2D eigenvalue weighted by Crippen LogP contribution is 2.24. The minimum Gasteiger partial charge on any atom is -0.313 e. The SMILES string of the molecule is C=Nc1c(/C=N\C)nc(C(C)C)n1CC. The third-order valence-electron chi connectivity index (χ3n) is 2.23. The maximum Gasteiger partial charge on any atom is 0.160 e. The van der Waals surface area contributed by atoms with Gasteiger partial charge in [0.25, 0.3) is 0 Å². The van der Waals surface area contributed by atoms with E-state index in [0.29, 0.717) is 5.92 Å². The normalized spacial score (nSPS) is 11.5. The number of rotatable bonds is 4. The van der Waals surface area contributed by atoms with Crippen LogP contribution in [0.3, 0.4) is 0 Å². The van der Waals surface area contributed by atoms with Crippen LogP contribution in [0.15, 0.2) is 9.98 Å². The Labute approximate surface area is 90.8 Å². The summed E-state index contributed by atoms with van der Waals surface area (Å²) in [5.41, 5.74) is 0.804. The van der Waals surface area contributed by atoms with E-state index in [2.05, 4.69) is 47.0 Å². The van der Waals surface area contributed by atoms with Gasteiger partial charge in [-0.05, 0) is 13.6 Å². The van der Waals surface area contributed by atoms with E-state index in [1.165, 1.54) is 0 Å². The van der Waals surface area contributed by atoms with Crippen molar-refractivity contribution in [3.05, 3.63) is 11.5 Å². The van der Waals surface area contributed by atoms with Crippen LogP contribution in [0.2, 0.25) is 0 Å². The van der Waals surface area contributed by atoms with Gasteiger partial charge < -0.3 is 4.57 Å². The molecule has 4 nitrogen and oxygen atoms in total. The Morgan fingerprint density at radius 3 is 2.60 bits per heavy atom. The molecule has 0 aliphatic rings. The average molecular weight is 206 g/mol.